The van der Waals surface area contributed by atoms with Crippen LogP contribution < -0.4 is 0 Å². The molecule has 0 saturated carbocycles. The van der Waals surface area contributed by atoms with Crippen molar-refractivity contribution >= 4 is 0 Å². The van der Waals surface area contributed by atoms with Gasteiger partial charge in [-0.15, -0.1) is 0 Å². The van der Waals surface area contributed by atoms with Gasteiger partial charge in [0.05, 0.1) is 6.04 Å². The van der Waals surface area contributed by atoms with E-state index in [1.54, 1.807) is 0 Å². The molecule has 0 aliphatic carbocycles. The molecule has 0 spiro atoms. The maximum Gasteiger partial charge on any atom is 0.229 e. The third kappa shape index (κ3) is 2.99. The van der Waals surface area contributed by atoms with Gasteiger partial charge < -0.3 is 4.52 Å². The van der Waals surface area contributed by atoms with E-state index in [1.165, 1.54) is 12.0 Å². The zero-order chi connectivity index (χ0) is 13.1. The standard InChI is InChI=1S/C14H23N3O/c1-10(2)7-9-17-8-5-6-12(17)13-15-14(11(3)4)18-16-13/h7,11-12H,5-6,8-9H2,1-4H3. The van der Waals surface area contributed by atoms with Gasteiger partial charge in [0.15, 0.2) is 5.82 Å². The van der Waals surface area contributed by atoms with Crippen molar-refractivity contribution in [3.63, 3.8) is 0 Å². The lowest BCUT2D eigenvalue weighted by Crippen LogP contribution is -2.24. The second-order valence-electron chi connectivity index (χ2n) is 5.58. The fraction of sp³-hybridized carbons (Fsp3) is 0.714. The van der Waals surface area contributed by atoms with E-state index >= 15 is 0 Å². The smallest absolute Gasteiger partial charge is 0.229 e. The third-order valence-corrected chi connectivity index (χ3v) is 3.35. The Morgan fingerprint density at radius 2 is 2.28 bits per heavy atom. The highest BCUT2D eigenvalue weighted by Gasteiger charge is 2.29. The molecular weight excluding hydrogens is 226 g/mol. The van der Waals surface area contributed by atoms with Crippen LogP contribution in [0.5, 0.6) is 0 Å². The molecule has 1 aliphatic rings. The van der Waals surface area contributed by atoms with Crippen LogP contribution in [0, 0.1) is 0 Å². The average molecular weight is 249 g/mol. The van der Waals surface area contributed by atoms with E-state index in [9.17, 15) is 0 Å². The summed E-state index contributed by atoms with van der Waals surface area (Å²) in [6, 6.07) is 0.330. The van der Waals surface area contributed by atoms with E-state index in [-0.39, 0.29) is 0 Å². The van der Waals surface area contributed by atoms with Gasteiger partial charge in [-0.3, -0.25) is 4.90 Å². The van der Waals surface area contributed by atoms with E-state index in [1.807, 2.05) is 0 Å². The number of aromatic nitrogens is 2. The molecule has 0 bridgehead atoms. The Morgan fingerprint density at radius 3 is 2.89 bits per heavy atom. The van der Waals surface area contributed by atoms with Crippen molar-refractivity contribution in [3.8, 4) is 0 Å². The summed E-state index contributed by atoms with van der Waals surface area (Å²) in [4.78, 5) is 6.96. The van der Waals surface area contributed by atoms with Crippen molar-refractivity contribution in [2.45, 2.75) is 52.5 Å². The van der Waals surface area contributed by atoms with E-state index < -0.39 is 0 Å². The van der Waals surface area contributed by atoms with Crippen molar-refractivity contribution in [2.75, 3.05) is 13.1 Å². The van der Waals surface area contributed by atoms with Crippen LogP contribution in [0.3, 0.4) is 0 Å². The summed E-state index contributed by atoms with van der Waals surface area (Å²) in [6.45, 7) is 10.5. The van der Waals surface area contributed by atoms with E-state index in [2.05, 4.69) is 48.8 Å². The monoisotopic (exact) mass is 249 g/mol. The molecule has 1 aromatic heterocycles. The van der Waals surface area contributed by atoms with Gasteiger partial charge in [-0.2, -0.15) is 4.98 Å². The molecule has 0 aromatic carbocycles. The Morgan fingerprint density at radius 1 is 1.50 bits per heavy atom. The largest absolute Gasteiger partial charge is 0.339 e. The van der Waals surface area contributed by atoms with E-state index in [4.69, 9.17) is 4.52 Å². The molecule has 4 nitrogen and oxygen atoms in total. The first kappa shape index (κ1) is 13.3. The second kappa shape index (κ2) is 5.65. The van der Waals surface area contributed by atoms with Crippen molar-refractivity contribution < 1.29 is 4.52 Å². The zero-order valence-corrected chi connectivity index (χ0v) is 11.8. The Kier molecular flexibility index (Phi) is 4.17. The van der Waals surface area contributed by atoms with Crippen LogP contribution in [-0.4, -0.2) is 28.1 Å². The Labute approximate surface area is 109 Å². The van der Waals surface area contributed by atoms with Gasteiger partial charge in [-0.1, -0.05) is 30.7 Å². The molecule has 4 heteroatoms. The van der Waals surface area contributed by atoms with E-state index in [0.717, 1.165) is 31.2 Å². The summed E-state index contributed by atoms with van der Waals surface area (Å²) >= 11 is 0. The normalized spacial score (nSPS) is 20.6. The number of nitrogens with zero attached hydrogens (tertiary/aromatic N) is 3. The van der Waals surface area contributed by atoms with E-state index in [0.29, 0.717) is 12.0 Å². The van der Waals surface area contributed by atoms with Gasteiger partial charge >= 0.3 is 0 Å². The van der Waals surface area contributed by atoms with Crippen LogP contribution in [0.1, 0.15) is 64.2 Å². The summed E-state index contributed by atoms with van der Waals surface area (Å²) in [5.41, 5.74) is 1.36. The van der Waals surface area contributed by atoms with Crippen molar-refractivity contribution in [3.05, 3.63) is 23.4 Å². The number of allylic oxidation sites excluding steroid dienone is 1. The van der Waals surface area contributed by atoms with Crippen molar-refractivity contribution in [2.24, 2.45) is 0 Å². The van der Waals surface area contributed by atoms with Crippen LogP contribution >= 0.6 is 0 Å². The fourth-order valence-electron chi connectivity index (χ4n) is 2.25. The number of hydrogen-bond donors (Lipinski definition) is 0. The van der Waals surface area contributed by atoms with Crippen molar-refractivity contribution in [1.82, 2.24) is 15.0 Å². The quantitative estimate of drug-likeness (QED) is 0.768. The predicted octanol–water partition coefficient (Wildman–Crippen LogP) is 3.30. The molecule has 2 rings (SSSR count). The highest BCUT2D eigenvalue weighted by molar-refractivity contribution is 5.03. The lowest BCUT2D eigenvalue weighted by Gasteiger charge is -2.20. The maximum absolute atomic E-state index is 5.31. The molecule has 1 fully saturated rings. The van der Waals surface area contributed by atoms with Crippen LogP contribution in [0.25, 0.3) is 0 Å². The first-order valence-electron chi connectivity index (χ1n) is 6.79. The third-order valence-electron chi connectivity index (χ3n) is 3.35. The van der Waals surface area contributed by atoms with Crippen LogP contribution in [0.4, 0.5) is 0 Å². The lowest BCUT2D eigenvalue weighted by molar-refractivity contribution is 0.265. The van der Waals surface area contributed by atoms with Gasteiger partial charge in [-0.25, -0.2) is 0 Å². The first-order chi connectivity index (χ1) is 8.58. The number of hydrogen-bond acceptors (Lipinski definition) is 4. The zero-order valence-electron chi connectivity index (χ0n) is 11.8. The minimum atomic E-state index is 0.305. The summed E-state index contributed by atoms with van der Waals surface area (Å²) in [5.74, 6) is 1.91. The summed E-state index contributed by atoms with van der Waals surface area (Å²) < 4.78 is 5.31. The molecule has 0 amide bonds. The molecule has 0 N–H and O–H groups in total. The van der Waals surface area contributed by atoms with Crippen LogP contribution in [-0.2, 0) is 0 Å². The number of likely N-dealkylation sites (tertiary alicyclic amines) is 1. The highest BCUT2D eigenvalue weighted by Crippen LogP contribution is 2.30. The Balaban J connectivity index is 2.08. The van der Waals surface area contributed by atoms with Crippen LogP contribution in [0.15, 0.2) is 16.2 Å². The van der Waals surface area contributed by atoms with Crippen LogP contribution in [0.2, 0.25) is 0 Å². The van der Waals surface area contributed by atoms with Gasteiger partial charge in [0, 0.05) is 12.5 Å². The van der Waals surface area contributed by atoms with Gasteiger partial charge in [0.25, 0.3) is 0 Å². The molecule has 0 radical (unpaired) electrons. The predicted molar refractivity (Wildman–Crippen MR) is 71.4 cm³/mol. The molecule has 1 aromatic rings. The minimum absolute atomic E-state index is 0.305. The van der Waals surface area contributed by atoms with Crippen molar-refractivity contribution in [1.29, 1.82) is 0 Å². The SMILES string of the molecule is CC(C)=CCN1CCCC1c1noc(C(C)C)n1. The van der Waals surface area contributed by atoms with Gasteiger partial charge in [0.2, 0.25) is 5.89 Å². The topological polar surface area (TPSA) is 42.2 Å². The molecule has 18 heavy (non-hydrogen) atoms. The summed E-state index contributed by atoms with van der Waals surface area (Å²) in [5, 5.41) is 4.15. The fourth-order valence-corrected chi connectivity index (χ4v) is 2.25. The molecule has 1 aliphatic heterocycles. The maximum atomic E-state index is 5.31. The molecule has 100 valence electrons. The second-order valence-corrected chi connectivity index (χ2v) is 5.58. The number of rotatable bonds is 4. The molecule has 1 atom stereocenters. The summed E-state index contributed by atoms with van der Waals surface area (Å²) in [6.07, 6.45) is 4.61. The average Bonchev–Trinajstić information content (AvgIpc) is 2.94. The molecule has 1 saturated heterocycles. The van der Waals surface area contributed by atoms with Gasteiger partial charge in [0.1, 0.15) is 0 Å². The Hall–Kier alpha value is -1.16. The molecule has 2 heterocycles. The summed E-state index contributed by atoms with van der Waals surface area (Å²) in [7, 11) is 0. The first-order valence-corrected chi connectivity index (χ1v) is 6.79. The lowest BCUT2D eigenvalue weighted by atomic mass is 10.2. The molecular formula is C14H23N3O. The van der Waals surface area contributed by atoms with Gasteiger partial charge in [-0.05, 0) is 33.2 Å². The minimum Gasteiger partial charge on any atom is -0.339 e. The Bertz CT molecular complexity index is 418. The molecule has 1 unspecified atom stereocenters. The highest BCUT2D eigenvalue weighted by atomic mass is 16.5.